The Morgan fingerprint density at radius 1 is 0.642 bits per heavy atom. The summed E-state index contributed by atoms with van der Waals surface area (Å²) in [6.45, 7) is -1.12. The van der Waals surface area contributed by atoms with Gasteiger partial charge in [0, 0.05) is 18.4 Å². The van der Waals surface area contributed by atoms with Crippen LogP contribution in [0.4, 0.5) is 0 Å². The third-order valence-electron chi connectivity index (χ3n) is 12.0. The molecule has 3 aliphatic carbocycles. The third kappa shape index (κ3) is 9.95. The van der Waals surface area contributed by atoms with Crippen LogP contribution in [-0.2, 0) is 38.3 Å². The van der Waals surface area contributed by atoms with Crippen molar-refractivity contribution in [1.82, 2.24) is 0 Å². The Bertz CT molecular complexity index is 1180. The summed E-state index contributed by atoms with van der Waals surface area (Å²) in [6.07, 6.45) is -7.94. The van der Waals surface area contributed by atoms with Gasteiger partial charge in [0.1, 0.15) is 55.4 Å². The maximum Gasteiger partial charge on any atom is 0.365 e. The summed E-state index contributed by atoms with van der Waals surface area (Å²) in [5.74, 6) is -0.992. The van der Waals surface area contributed by atoms with Crippen molar-refractivity contribution in [1.29, 1.82) is 0 Å². The van der Waals surface area contributed by atoms with Crippen LogP contribution in [0.1, 0.15) is 77.0 Å². The van der Waals surface area contributed by atoms with Crippen LogP contribution in [-0.4, -0.2) is 163 Å². The Morgan fingerprint density at radius 3 is 1.92 bits per heavy atom. The number of allylic oxidation sites excluding steroid dienone is 1. The van der Waals surface area contributed by atoms with Gasteiger partial charge in [-0.2, -0.15) is 4.89 Å². The fourth-order valence-corrected chi connectivity index (χ4v) is 8.93. The highest BCUT2D eigenvalue weighted by Gasteiger charge is 2.53. The van der Waals surface area contributed by atoms with Crippen LogP contribution in [0, 0.1) is 17.8 Å². The summed E-state index contributed by atoms with van der Waals surface area (Å²) in [5, 5.41) is 94.6. The van der Waals surface area contributed by atoms with Crippen molar-refractivity contribution in [2.24, 2.45) is 17.8 Å². The fraction of sp³-hybridized carbons (Fsp3) is 0.917. The predicted molar refractivity (Wildman–Crippen MR) is 178 cm³/mol. The first-order valence-electron chi connectivity index (χ1n) is 19.3. The Hall–Kier alpha value is -1.39. The quantitative estimate of drug-likeness (QED) is 0.0656. The molecule has 9 N–H and O–H groups in total. The van der Waals surface area contributed by atoms with Crippen LogP contribution in [0.3, 0.4) is 0 Å². The topological polar surface area (TPSA) is 264 Å². The summed E-state index contributed by atoms with van der Waals surface area (Å²) in [4.78, 5) is 22.2. The number of rotatable bonds is 11. The number of carbonyl (C=O) groups is 1. The van der Waals surface area contributed by atoms with Crippen LogP contribution in [0.25, 0.3) is 0 Å². The molecule has 0 aromatic rings. The molecule has 0 aromatic heterocycles. The minimum Gasteiger partial charge on any atom is -0.394 e. The van der Waals surface area contributed by atoms with Crippen molar-refractivity contribution < 1.29 is 84.2 Å². The smallest absolute Gasteiger partial charge is 0.365 e. The van der Waals surface area contributed by atoms with Crippen molar-refractivity contribution in [2.75, 3.05) is 13.2 Å². The van der Waals surface area contributed by atoms with Gasteiger partial charge in [0.2, 0.25) is 0 Å². The molecule has 16 atom stereocenters. The summed E-state index contributed by atoms with van der Waals surface area (Å²) >= 11 is 0. The maximum absolute atomic E-state index is 12.3. The van der Waals surface area contributed by atoms with Gasteiger partial charge in [-0.25, -0.2) is 4.79 Å². The van der Waals surface area contributed by atoms with E-state index in [0.717, 1.165) is 25.7 Å². The van der Waals surface area contributed by atoms with E-state index in [0.29, 0.717) is 31.6 Å². The van der Waals surface area contributed by atoms with Gasteiger partial charge < -0.3 is 69.6 Å². The van der Waals surface area contributed by atoms with Gasteiger partial charge in [-0.1, -0.05) is 25.3 Å². The largest absolute Gasteiger partial charge is 0.394 e. The Morgan fingerprint density at radius 2 is 1.26 bits per heavy atom. The first-order chi connectivity index (χ1) is 25.4. The molecule has 6 aliphatic rings. The fourth-order valence-electron chi connectivity index (χ4n) is 8.93. The van der Waals surface area contributed by atoms with Crippen LogP contribution in [0.15, 0.2) is 12.2 Å². The standard InChI is InChI=1S/C36H58O17/c37-15-25-28(41)30(43)32(45)35(51-25)49-23-13-20(39)12-22-21(23)14-24(34(48-22)18-7-9-19(38)10-8-18)50-36-33(46)31(44)29(42)26(52-36)16-47-53-27(40)11-6-17-4-2-1-3-5-17/h6,11,17-26,28-39,41-46H,1-5,7-10,12-16H2/t18?,19?,20?,21?,22?,23?,24?,25-,26-,28-,29-,30-,31-,32-,33-,34?,35-,36-/m1/s1. The second kappa shape index (κ2) is 18.7. The van der Waals surface area contributed by atoms with Gasteiger partial charge in [0.25, 0.3) is 0 Å². The first-order valence-corrected chi connectivity index (χ1v) is 19.3. The van der Waals surface area contributed by atoms with E-state index in [-0.39, 0.29) is 25.2 Å². The molecule has 17 heteroatoms. The van der Waals surface area contributed by atoms with Crippen molar-refractivity contribution in [3.8, 4) is 0 Å². The predicted octanol–water partition coefficient (Wildman–Crippen LogP) is -1.54. The van der Waals surface area contributed by atoms with Gasteiger partial charge >= 0.3 is 5.97 Å². The molecule has 53 heavy (non-hydrogen) atoms. The van der Waals surface area contributed by atoms with Crippen molar-refractivity contribution in [3.63, 3.8) is 0 Å². The van der Waals surface area contributed by atoms with E-state index >= 15 is 0 Å². The molecule has 0 aromatic carbocycles. The highest BCUT2D eigenvalue weighted by atomic mass is 17.2. The summed E-state index contributed by atoms with van der Waals surface area (Å²) in [7, 11) is 0. The SMILES string of the molecule is O=C(C=CC1CCCCC1)OOC[C@H]1O[C@@H](OC2CC3C(CC(O)CC3O[C@@H]3O[C@H](CO)[C@@H](O)[C@@H](O)[C@H]3O)OC2C2CCC(O)CC2)[C@H](O)[C@H](O)[C@@H]1O. The van der Waals surface area contributed by atoms with Crippen LogP contribution in [0.2, 0.25) is 0 Å². The Balaban J connectivity index is 1.14. The molecule has 3 aliphatic heterocycles. The minimum absolute atomic E-state index is 0.0790. The molecular weight excluding hydrogens is 704 g/mol. The van der Waals surface area contributed by atoms with Gasteiger partial charge in [-0.3, -0.25) is 4.89 Å². The zero-order valence-corrected chi connectivity index (χ0v) is 29.8. The molecule has 0 amide bonds. The number of fused-ring (bicyclic) bond motifs is 1. The van der Waals surface area contributed by atoms with E-state index in [1.807, 2.05) is 0 Å². The van der Waals surface area contributed by atoms with E-state index < -0.39 is 123 Å². The monoisotopic (exact) mass is 762 g/mol. The number of ether oxygens (including phenoxy) is 5. The molecule has 6 rings (SSSR count). The van der Waals surface area contributed by atoms with E-state index in [2.05, 4.69) is 0 Å². The Labute approximate surface area is 308 Å². The van der Waals surface area contributed by atoms with E-state index in [9.17, 15) is 50.8 Å². The number of hydrogen-bond acceptors (Lipinski definition) is 17. The average molecular weight is 763 g/mol. The Kier molecular flexibility index (Phi) is 14.6. The lowest BCUT2D eigenvalue weighted by atomic mass is 9.73. The van der Waals surface area contributed by atoms with Gasteiger partial charge in [0.05, 0.1) is 43.2 Å². The molecular formula is C36H58O17. The minimum atomic E-state index is -1.71. The summed E-state index contributed by atoms with van der Waals surface area (Å²) < 4.78 is 30.8. The third-order valence-corrected chi connectivity index (χ3v) is 12.0. The lowest BCUT2D eigenvalue weighted by Crippen LogP contribution is -2.63. The number of aliphatic hydroxyl groups is 9. The molecule has 6 fully saturated rings. The lowest BCUT2D eigenvalue weighted by molar-refractivity contribution is -0.356. The number of carbonyl (C=O) groups excluding carboxylic acids is 1. The summed E-state index contributed by atoms with van der Waals surface area (Å²) in [5.41, 5.74) is 0. The van der Waals surface area contributed by atoms with Gasteiger partial charge in [-0.15, -0.1) is 0 Å². The lowest BCUT2D eigenvalue weighted by Gasteiger charge is -2.52. The number of hydrogen-bond donors (Lipinski definition) is 9. The molecule has 0 radical (unpaired) electrons. The summed E-state index contributed by atoms with van der Waals surface area (Å²) in [6, 6.07) is 0. The first kappa shape index (κ1) is 41.2. The van der Waals surface area contributed by atoms with Crippen molar-refractivity contribution >= 4 is 5.97 Å². The second-order valence-corrected chi connectivity index (χ2v) is 15.7. The van der Waals surface area contributed by atoms with E-state index in [4.69, 9.17) is 33.5 Å². The highest BCUT2D eigenvalue weighted by Crippen LogP contribution is 2.45. The van der Waals surface area contributed by atoms with Crippen LogP contribution >= 0.6 is 0 Å². The zero-order chi connectivity index (χ0) is 37.8. The van der Waals surface area contributed by atoms with E-state index in [1.54, 1.807) is 6.08 Å². The molecule has 3 heterocycles. The molecule has 0 bridgehead atoms. The van der Waals surface area contributed by atoms with Crippen LogP contribution in [0.5, 0.6) is 0 Å². The van der Waals surface area contributed by atoms with Gasteiger partial charge in [-0.05, 0) is 63.2 Å². The molecule has 304 valence electrons. The highest BCUT2D eigenvalue weighted by molar-refractivity contribution is 5.81. The zero-order valence-electron chi connectivity index (χ0n) is 29.8. The maximum atomic E-state index is 12.3. The molecule has 3 saturated carbocycles. The van der Waals surface area contributed by atoms with E-state index in [1.165, 1.54) is 12.5 Å². The van der Waals surface area contributed by atoms with Crippen LogP contribution < -0.4 is 0 Å². The van der Waals surface area contributed by atoms with Crippen molar-refractivity contribution in [2.45, 2.75) is 175 Å². The molecule has 6 unspecified atom stereocenters. The average Bonchev–Trinajstić information content (AvgIpc) is 3.15. The molecule has 17 nitrogen and oxygen atoms in total. The molecule has 0 spiro atoms. The normalized spacial score (nSPS) is 47.3. The molecule has 3 saturated heterocycles. The van der Waals surface area contributed by atoms with Crippen molar-refractivity contribution in [3.05, 3.63) is 12.2 Å². The second-order valence-electron chi connectivity index (χ2n) is 15.7. The number of aliphatic hydroxyl groups excluding tert-OH is 9. The van der Waals surface area contributed by atoms with Gasteiger partial charge in [0.15, 0.2) is 12.6 Å².